The van der Waals surface area contributed by atoms with Crippen molar-refractivity contribution in [1.82, 2.24) is 4.98 Å². The number of benzene rings is 1. The number of thiazole rings is 1. The molecule has 1 aromatic carbocycles. The van der Waals surface area contributed by atoms with Crippen molar-refractivity contribution in [3.05, 3.63) is 39.3 Å². The maximum atomic E-state index is 7.43. The van der Waals surface area contributed by atoms with E-state index in [-0.39, 0.29) is 5.84 Å². The highest BCUT2D eigenvalue weighted by Crippen LogP contribution is 2.28. The molecule has 0 aliphatic rings. The minimum atomic E-state index is 0.0818. The summed E-state index contributed by atoms with van der Waals surface area (Å²) in [5.74, 6) is 0.0818. The summed E-state index contributed by atoms with van der Waals surface area (Å²) in [6.07, 6.45) is 0. The van der Waals surface area contributed by atoms with Crippen LogP contribution in [0.3, 0.4) is 0 Å². The molecule has 0 unspecified atom stereocenters. The van der Waals surface area contributed by atoms with Gasteiger partial charge in [0.2, 0.25) is 0 Å². The Bertz CT molecular complexity index is 531. The van der Waals surface area contributed by atoms with Crippen LogP contribution in [0.1, 0.15) is 10.6 Å². The lowest BCUT2D eigenvalue weighted by Crippen LogP contribution is -2.10. The molecule has 1 heterocycles. The second-order valence-electron chi connectivity index (χ2n) is 3.35. The molecule has 0 fully saturated rings. The van der Waals surface area contributed by atoms with Gasteiger partial charge >= 0.3 is 0 Å². The molecule has 0 saturated carbocycles. The molecule has 2 rings (SSSR count). The molecule has 0 atom stereocenters. The minimum absolute atomic E-state index is 0.0818. The zero-order valence-corrected chi connectivity index (χ0v) is 11.0. The fraction of sp³-hybridized carbons (Fsp3) is 0.0909. The van der Waals surface area contributed by atoms with Crippen LogP contribution in [0.5, 0.6) is 0 Å². The molecule has 0 aliphatic heterocycles. The lowest BCUT2D eigenvalue weighted by atomic mass is 10.2. The summed E-state index contributed by atoms with van der Waals surface area (Å²) in [7, 11) is 0. The highest BCUT2D eigenvalue weighted by molar-refractivity contribution is 9.10. The number of nitrogens with one attached hydrogen (secondary N) is 1. The van der Waals surface area contributed by atoms with Gasteiger partial charge < -0.3 is 5.73 Å². The Morgan fingerprint density at radius 1 is 1.38 bits per heavy atom. The Hall–Kier alpha value is -1.20. The quantitative estimate of drug-likeness (QED) is 0.660. The van der Waals surface area contributed by atoms with Crippen molar-refractivity contribution < 1.29 is 0 Å². The molecule has 0 saturated heterocycles. The molecular formula is C11H10BrN3S. The Morgan fingerprint density at radius 3 is 2.50 bits per heavy atom. The topological polar surface area (TPSA) is 62.8 Å². The lowest BCUT2D eigenvalue weighted by molar-refractivity contribution is 1.25. The molecule has 0 spiro atoms. The molecule has 0 bridgehead atoms. The van der Waals surface area contributed by atoms with Crippen LogP contribution in [-0.4, -0.2) is 10.8 Å². The van der Waals surface area contributed by atoms with Gasteiger partial charge in [-0.15, -0.1) is 11.3 Å². The first-order valence-electron chi connectivity index (χ1n) is 4.65. The van der Waals surface area contributed by atoms with Crippen LogP contribution in [0.4, 0.5) is 0 Å². The van der Waals surface area contributed by atoms with Gasteiger partial charge in [-0.2, -0.15) is 0 Å². The molecule has 2 aromatic rings. The maximum Gasteiger partial charge on any atom is 0.135 e. The normalized spacial score (nSPS) is 10.4. The number of hydrogen-bond acceptors (Lipinski definition) is 3. The van der Waals surface area contributed by atoms with E-state index in [4.69, 9.17) is 11.1 Å². The first-order valence-corrected chi connectivity index (χ1v) is 6.26. The zero-order valence-electron chi connectivity index (χ0n) is 8.62. The van der Waals surface area contributed by atoms with E-state index in [1.807, 2.05) is 31.2 Å². The van der Waals surface area contributed by atoms with Crippen LogP contribution in [0.25, 0.3) is 10.6 Å². The van der Waals surface area contributed by atoms with Gasteiger partial charge in [0.05, 0.1) is 10.6 Å². The number of aromatic nitrogens is 1. The van der Waals surface area contributed by atoms with E-state index < -0.39 is 0 Å². The summed E-state index contributed by atoms with van der Waals surface area (Å²) in [6, 6.07) is 7.93. The van der Waals surface area contributed by atoms with E-state index in [9.17, 15) is 0 Å². The monoisotopic (exact) mass is 295 g/mol. The highest BCUT2D eigenvalue weighted by atomic mass is 79.9. The standard InChI is InChI=1S/C11H10BrN3S/c1-6-9(10(13)14)16-11(15-6)7-2-4-8(12)5-3-7/h2-5H,1H3,(H3,13,14). The number of nitrogens with two attached hydrogens (primary N) is 1. The second kappa shape index (κ2) is 4.35. The smallest absolute Gasteiger partial charge is 0.135 e. The SMILES string of the molecule is Cc1nc(-c2ccc(Br)cc2)sc1C(=N)N. The summed E-state index contributed by atoms with van der Waals surface area (Å²) < 4.78 is 1.04. The maximum absolute atomic E-state index is 7.43. The van der Waals surface area contributed by atoms with E-state index in [1.165, 1.54) is 11.3 Å². The zero-order chi connectivity index (χ0) is 11.7. The third-order valence-electron chi connectivity index (χ3n) is 2.13. The van der Waals surface area contributed by atoms with Gasteiger partial charge in [-0.05, 0) is 19.1 Å². The van der Waals surface area contributed by atoms with Gasteiger partial charge in [-0.1, -0.05) is 28.1 Å². The Labute approximate surface area is 106 Å². The predicted octanol–water partition coefficient (Wildman–Crippen LogP) is 3.17. The van der Waals surface area contributed by atoms with Crippen molar-refractivity contribution in [2.24, 2.45) is 5.73 Å². The third-order valence-corrected chi connectivity index (χ3v) is 3.90. The van der Waals surface area contributed by atoms with E-state index >= 15 is 0 Å². The van der Waals surface area contributed by atoms with Gasteiger partial charge in [-0.3, -0.25) is 5.41 Å². The van der Waals surface area contributed by atoms with Crippen LogP contribution < -0.4 is 5.73 Å². The highest BCUT2D eigenvalue weighted by Gasteiger charge is 2.10. The number of hydrogen-bond donors (Lipinski definition) is 2. The van der Waals surface area contributed by atoms with Crippen molar-refractivity contribution >= 4 is 33.1 Å². The third kappa shape index (κ3) is 2.15. The fourth-order valence-corrected chi connectivity index (χ4v) is 2.56. The van der Waals surface area contributed by atoms with Crippen molar-refractivity contribution in [3.8, 4) is 10.6 Å². The summed E-state index contributed by atoms with van der Waals surface area (Å²) in [5, 5.41) is 8.33. The largest absolute Gasteiger partial charge is 0.383 e. The van der Waals surface area contributed by atoms with Crippen molar-refractivity contribution in [3.63, 3.8) is 0 Å². The van der Waals surface area contributed by atoms with E-state index in [0.717, 1.165) is 25.6 Å². The Morgan fingerprint density at radius 2 is 2.00 bits per heavy atom. The first-order chi connectivity index (χ1) is 7.58. The number of rotatable bonds is 2. The van der Waals surface area contributed by atoms with Gasteiger partial charge in [0.15, 0.2) is 0 Å². The molecule has 1 aromatic heterocycles. The summed E-state index contributed by atoms with van der Waals surface area (Å²) in [6.45, 7) is 1.87. The molecular weight excluding hydrogens is 286 g/mol. The van der Waals surface area contributed by atoms with Crippen LogP contribution in [-0.2, 0) is 0 Å². The summed E-state index contributed by atoms with van der Waals surface area (Å²) in [4.78, 5) is 5.16. The molecule has 82 valence electrons. The second-order valence-corrected chi connectivity index (χ2v) is 5.27. The van der Waals surface area contributed by atoms with Crippen LogP contribution >= 0.6 is 27.3 Å². The fourth-order valence-electron chi connectivity index (χ4n) is 1.36. The molecule has 16 heavy (non-hydrogen) atoms. The summed E-state index contributed by atoms with van der Waals surface area (Å²) >= 11 is 4.84. The minimum Gasteiger partial charge on any atom is -0.383 e. The number of nitrogens with zero attached hydrogens (tertiary/aromatic N) is 1. The number of halogens is 1. The number of amidine groups is 1. The summed E-state index contributed by atoms with van der Waals surface area (Å²) in [5.41, 5.74) is 7.34. The van der Waals surface area contributed by atoms with Crippen molar-refractivity contribution in [1.29, 1.82) is 5.41 Å². The molecule has 0 radical (unpaired) electrons. The van der Waals surface area contributed by atoms with Gasteiger partial charge in [-0.25, -0.2) is 4.98 Å². The van der Waals surface area contributed by atoms with Crippen molar-refractivity contribution in [2.45, 2.75) is 6.92 Å². The number of aryl methyl sites for hydroxylation is 1. The molecule has 5 heteroatoms. The predicted molar refractivity (Wildman–Crippen MR) is 71.0 cm³/mol. The number of nitrogen functional groups attached to an aromatic ring is 1. The Kier molecular flexibility index (Phi) is 3.07. The molecule has 0 aliphatic carbocycles. The molecule has 0 amide bonds. The van der Waals surface area contributed by atoms with E-state index in [1.54, 1.807) is 0 Å². The lowest BCUT2D eigenvalue weighted by Gasteiger charge is -1.95. The Balaban J connectivity index is 2.45. The van der Waals surface area contributed by atoms with Crippen LogP contribution in [0, 0.1) is 12.3 Å². The van der Waals surface area contributed by atoms with Crippen LogP contribution in [0.2, 0.25) is 0 Å². The van der Waals surface area contributed by atoms with E-state index in [0.29, 0.717) is 0 Å². The average molecular weight is 296 g/mol. The van der Waals surface area contributed by atoms with E-state index in [2.05, 4.69) is 20.9 Å². The van der Waals surface area contributed by atoms with Crippen LogP contribution in [0.15, 0.2) is 28.7 Å². The average Bonchev–Trinajstić information content (AvgIpc) is 2.61. The molecule has 3 nitrogen and oxygen atoms in total. The first kappa shape index (κ1) is 11.3. The van der Waals surface area contributed by atoms with Gasteiger partial charge in [0.25, 0.3) is 0 Å². The van der Waals surface area contributed by atoms with Crippen molar-refractivity contribution in [2.75, 3.05) is 0 Å². The van der Waals surface area contributed by atoms with Gasteiger partial charge in [0.1, 0.15) is 10.8 Å². The van der Waals surface area contributed by atoms with Gasteiger partial charge in [0, 0.05) is 10.0 Å². The molecule has 3 N–H and O–H groups in total.